The Morgan fingerprint density at radius 1 is 0.931 bits per heavy atom. The monoisotopic (exact) mass is 395 g/mol. The average Bonchev–Trinajstić information content (AvgIpc) is 2.76. The minimum absolute atomic E-state index is 0.0528. The number of aromatic nitrogens is 1. The Balaban J connectivity index is 1.97. The van der Waals surface area contributed by atoms with Crippen LogP contribution in [0.4, 0.5) is 0 Å². The fourth-order valence-corrected chi connectivity index (χ4v) is 3.49. The highest BCUT2D eigenvalue weighted by Gasteiger charge is 2.19. The number of para-hydroxylation sites is 1. The summed E-state index contributed by atoms with van der Waals surface area (Å²) in [6, 6.07) is 14.4. The van der Waals surface area contributed by atoms with Crippen molar-refractivity contribution in [2.75, 3.05) is 7.11 Å². The first-order chi connectivity index (χ1) is 14.2. The zero-order valence-electron chi connectivity index (χ0n) is 17.2. The zero-order valence-corrected chi connectivity index (χ0v) is 17.2. The fourth-order valence-electron chi connectivity index (χ4n) is 3.49. The number of methoxy groups -OCH3 is 1. The topological polar surface area (TPSA) is 60.7 Å². The number of unbranched alkanes of at least 4 members (excludes halogenated alkanes) is 5. The van der Waals surface area contributed by atoms with Gasteiger partial charge < -0.3 is 19.1 Å². The number of fused-ring (bicyclic) bond motifs is 1. The molecule has 3 rings (SSSR count). The number of pyridine rings is 1. The molecule has 1 aromatic heterocycles. The molecule has 0 radical (unpaired) electrons. The Morgan fingerprint density at radius 3 is 2.38 bits per heavy atom. The third-order valence-electron chi connectivity index (χ3n) is 5.10. The Labute approximate surface area is 171 Å². The Morgan fingerprint density at radius 2 is 1.66 bits per heavy atom. The highest BCUT2D eigenvalue weighted by atomic mass is 16.5. The molecule has 5 heteroatoms. The number of aryl methyl sites for hydroxylation is 1. The van der Waals surface area contributed by atoms with Crippen molar-refractivity contribution in [3.05, 3.63) is 58.9 Å². The molecule has 0 aliphatic carbocycles. The zero-order chi connectivity index (χ0) is 20.6. The van der Waals surface area contributed by atoms with Crippen molar-refractivity contribution in [1.29, 1.82) is 0 Å². The molecule has 5 nitrogen and oxygen atoms in total. The normalized spacial score (nSPS) is 11.0. The maximum Gasteiger partial charge on any atom is 0.297 e. The van der Waals surface area contributed by atoms with Crippen molar-refractivity contribution in [2.24, 2.45) is 0 Å². The molecule has 0 fully saturated rings. The molecule has 0 saturated heterocycles. The van der Waals surface area contributed by atoms with Crippen LogP contribution in [-0.2, 0) is 6.54 Å². The van der Waals surface area contributed by atoms with Gasteiger partial charge in [-0.15, -0.1) is 0 Å². The summed E-state index contributed by atoms with van der Waals surface area (Å²) < 4.78 is 12.8. The lowest BCUT2D eigenvalue weighted by Gasteiger charge is -2.16. The van der Waals surface area contributed by atoms with Crippen molar-refractivity contribution in [3.63, 3.8) is 0 Å². The van der Waals surface area contributed by atoms with E-state index in [2.05, 4.69) is 6.92 Å². The van der Waals surface area contributed by atoms with Gasteiger partial charge in [0, 0.05) is 11.9 Å². The number of rotatable bonds is 10. The van der Waals surface area contributed by atoms with Gasteiger partial charge >= 0.3 is 0 Å². The van der Waals surface area contributed by atoms with Crippen molar-refractivity contribution in [1.82, 2.24) is 4.57 Å². The number of hydrogen-bond acceptors (Lipinski definition) is 4. The van der Waals surface area contributed by atoms with Crippen LogP contribution in [0.2, 0.25) is 0 Å². The van der Waals surface area contributed by atoms with E-state index in [1.807, 2.05) is 24.3 Å². The van der Waals surface area contributed by atoms with Gasteiger partial charge in [0.1, 0.15) is 11.5 Å². The van der Waals surface area contributed by atoms with Gasteiger partial charge in [-0.2, -0.15) is 0 Å². The molecule has 0 unspecified atom stereocenters. The first-order valence-corrected chi connectivity index (χ1v) is 10.3. The first kappa shape index (κ1) is 20.8. The Bertz CT molecular complexity index is 995. The van der Waals surface area contributed by atoms with E-state index in [-0.39, 0.29) is 17.1 Å². The molecule has 3 aromatic rings. The highest BCUT2D eigenvalue weighted by Crippen LogP contribution is 2.36. The summed E-state index contributed by atoms with van der Waals surface area (Å²) >= 11 is 0. The average molecular weight is 395 g/mol. The Kier molecular flexibility index (Phi) is 7.17. The van der Waals surface area contributed by atoms with E-state index >= 15 is 0 Å². The lowest BCUT2D eigenvalue weighted by Crippen LogP contribution is -2.22. The smallest absolute Gasteiger partial charge is 0.297 e. The van der Waals surface area contributed by atoms with Crippen LogP contribution in [0.1, 0.15) is 45.4 Å². The number of nitrogens with zero attached hydrogens (tertiary/aromatic N) is 1. The molecule has 0 spiro atoms. The standard InChI is InChI=1S/C24H29NO4/c1-3-4-5-6-7-11-16-25-21-15-14-19(28-2)17-20(21)22(26)23(24(25)27)29-18-12-9-8-10-13-18/h8-10,12-15,17,26H,3-7,11,16H2,1-2H3. The van der Waals surface area contributed by atoms with Crippen LogP contribution in [0.3, 0.4) is 0 Å². The molecule has 0 aliphatic heterocycles. The van der Waals surface area contributed by atoms with Crippen molar-refractivity contribution < 1.29 is 14.6 Å². The second kappa shape index (κ2) is 10.0. The molecule has 0 saturated carbocycles. The van der Waals surface area contributed by atoms with Crippen molar-refractivity contribution in [3.8, 4) is 23.0 Å². The van der Waals surface area contributed by atoms with Crippen LogP contribution in [0, 0.1) is 0 Å². The van der Waals surface area contributed by atoms with Crippen LogP contribution in [-0.4, -0.2) is 16.8 Å². The van der Waals surface area contributed by atoms with Crippen molar-refractivity contribution in [2.45, 2.75) is 52.0 Å². The quantitative estimate of drug-likeness (QED) is 0.436. The van der Waals surface area contributed by atoms with Crippen LogP contribution in [0.25, 0.3) is 10.9 Å². The largest absolute Gasteiger partial charge is 0.504 e. The van der Waals surface area contributed by atoms with Gasteiger partial charge in [0.2, 0.25) is 5.75 Å². The molecule has 29 heavy (non-hydrogen) atoms. The van der Waals surface area contributed by atoms with E-state index in [0.717, 1.165) is 12.8 Å². The summed E-state index contributed by atoms with van der Waals surface area (Å²) in [5, 5.41) is 11.4. The van der Waals surface area contributed by atoms with E-state index in [0.29, 0.717) is 28.9 Å². The molecule has 1 heterocycles. The molecule has 1 N–H and O–H groups in total. The van der Waals surface area contributed by atoms with E-state index < -0.39 is 0 Å². The molecule has 0 bridgehead atoms. The third kappa shape index (κ3) is 4.91. The van der Waals surface area contributed by atoms with Gasteiger partial charge in [-0.1, -0.05) is 57.2 Å². The minimum Gasteiger partial charge on any atom is -0.504 e. The predicted octanol–water partition coefficient (Wildman–Crippen LogP) is 5.87. The number of ether oxygens (including phenoxy) is 2. The summed E-state index contributed by atoms with van der Waals surface area (Å²) in [5.74, 6) is 0.909. The lowest BCUT2D eigenvalue weighted by atomic mass is 10.1. The first-order valence-electron chi connectivity index (χ1n) is 10.3. The summed E-state index contributed by atoms with van der Waals surface area (Å²) in [5.41, 5.74) is 0.361. The van der Waals surface area contributed by atoms with Gasteiger partial charge in [0.15, 0.2) is 5.75 Å². The van der Waals surface area contributed by atoms with Crippen LogP contribution >= 0.6 is 0 Å². The number of benzene rings is 2. The maximum absolute atomic E-state index is 13.2. The SMILES string of the molecule is CCCCCCCCn1c(=O)c(Oc2ccccc2)c(O)c2cc(OC)ccc21. The van der Waals surface area contributed by atoms with Gasteiger partial charge in [0.25, 0.3) is 5.56 Å². The Hall–Kier alpha value is -2.95. The second-order valence-corrected chi connectivity index (χ2v) is 7.20. The van der Waals surface area contributed by atoms with E-state index in [1.165, 1.54) is 25.7 Å². The fraction of sp³-hybridized carbons (Fsp3) is 0.375. The number of aromatic hydroxyl groups is 1. The summed E-state index contributed by atoms with van der Waals surface area (Å²) in [6.45, 7) is 2.78. The molecule has 0 aliphatic rings. The van der Waals surface area contributed by atoms with Gasteiger partial charge in [-0.3, -0.25) is 4.79 Å². The van der Waals surface area contributed by atoms with Gasteiger partial charge in [-0.25, -0.2) is 0 Å². The molecule has 0 atom stereocenters. The molecular formula is C24H29NO4. The third-order valence-corrected chi connectivity index (χ3v) is 5.10. The summed E-state index contributed by atoms with van der Waals surface area (Å²) in [4.78, 5) is 13.2. The van der Waals surface area contributed by atoms with E-state index in [9.17, 15) is 9.90 Å². The molecule has 2 aromatic carbocycles. The van der Waals surface area contributed by atoms with Gasteiger partial charge in [0.05, 0.1) is 12.6 Å². The molecular weight excluding hydrogens is 366 g/mol. The molecule has 154 valence electrons. The van der Waals surface area contributed by atoms with E-state index in [1.54, 1.807) is 35.9 Å². The van der Waals surface area contributed by atoms with Crippen LogP contribution in [0.15, 0.2) is 53.3 Å². The van der Waals surface area contributed by atoms with Crippen LogP contribution < -0.4 is 15.0 Å². The van der Waals surface area contributed by atoms with Gasteiger partial charge in [-0.05, 0) is 36.8 Å². The summed E-state index contributed by atoms with van der Waals surface area (Å²) in [6.07, 6.45) is 6.82. The highest BCUT2D eigenvalue weighted by molar-refractivity contribution is 5.88. The second-order valence-electron chi connectivity index (χ2n) is 7.20. The maximum atomic E-state index is 13.2. The van der Waals surface area contributed by atoms with Crippen LogP contribution in [0.5, 0.6) is 23.0 Å². The molecule has 0 amide bonds. The summed E-state index contributed by atoms with van der Waals surface area (Å²) in [7, 11) is 1.58. The van der Waals surface area contributed by atoms with E-state index in [4.69, 9.17) is 9.47 Å². The lowest BCUT2D eigenvalue weighted by molar-refractivity contribution is 0.402. The number of hydrogen-bond donors (Lipinski definition) is 1. The minimum atomic E-state index is -0.322. The predicted molar refractivity (Wildman–Crippen MR) is 116 cm³/mol. The van der Waals surface area contributed by atoms with Crippen molar-refractivity contribution >= 4 is 10.9 Å².